The van der Waals surface area contributed by atoms with Crippen LogP contribution >= 0.6 is 0 Å². The molecule has 0 radical (unpaired) electrons. The SMILES string of the molecule is COc1ccc2c(C)c(C(=O)N3CCO[C@@H](C(F)(F)F)C3)oc2c1. The van der Waals surface area contributed by atoms with Gasteiger partial charge in [-0.25, -0.2) is 0 Å². The van der Waals surface area contributed by atoms with Gasteiger partial charge in [-0.1, -0.05) is 0 Å². The molecule has 0 saturated carbocycles. The van der Waals surface area contributed by atoms with E-state index in [-0.39, 0.29) is 18.9 Å². The Morgan fingerprint density at radius 1 is 1.38 bits per heavy atom. The lowest BCUT2D eigenvalue weighted by Gasteiger charge is -2.33. The number of amides is 1. The number of hydrogen-bond acceptors (Lipinski definition) is 4. The molecule has 8 heteroatoms. The average molecular weight is 343 g/mol. The molecule has 1 saturated heterocycles. The summed E-state index contributed by atoms with van der Waals surface area (Å²) >= 11 is 0. The molecule has 1 atom stereocenters. The molecule has 0 spiro atoms. The summed E-state index contributed by atoms with van der Waals surface area (Å²) in [6, 6.07) is 5.12. The van der Waals surface area contributed by atoms with Gasteiger partial charge in [0, 0.05) is 23.6 Å². The second-order valence-electron chi connectivity index (χ2n) is 5.57. The number of ether oxygens (including phenoxy) is 2. The first kappa shape index (κ1) is 16.6. The number of furan rings is 1. The molecule has 5 nitrogen and oxygen atoms in total. The van der Waals surface area contributed by atoms with Crippen molar-refractivity contribution >= 4 is 16.9 Å². The van der Waals surface area contributed by atoms with Crippen LogP contribution in [0.1, 0.15) is 16.1 Å². The summed E-state index contributed by atoms with van der Waals surface area (Å²) in [6.45, 7) is 1.09. The van der Waals surface area contributed by atoms with Crippen LogP contribution in [-0.2, 0) is 4.74 Å². The molecule has 130 valence electrons. The molecule has 1 fully saturated rings. The van der Waals surface area contributed by atoms with Crippen molar-refractivity contribution in [2.75, 3.05) is 26.8 Å². The van der Waals surface area contributed by atoms with Crippen LogP contribution in [0.2, 0.25) is 0 Å². The number of methoxy groups -OCH3 is 1. The van der Waals surface area contributed by atoms with E-state index in [9.17, 15) is 18.0 Å². The number of halogens is 3. The summed E-state index contributed by atoms with van der Waals surface area (Å²) in [6.07, 6.45) is -6.48. The standard InChI is InChI=1S/C16H16F3NO4/c1-9-11-4-3-10(22-2)7-12(11)24-14(9)15(21)20-5-6-23-13(8-20)16(17,18)19/h3-4,7,13H,5-6,8H2,1-2H3/t13-/m1/s1. The minimum Gasteiger partial charge on any atom is -0.497 e. The Bertz CT molecular complexity index is 769. The quantitative estimate of drug-likeness (QED) is 0.841. The maximum atomic E-state index is 12.8. The van der Waals surface area contributed by atoms with E-state index in [0.717, 1.165) is 10.3 Å². The fraction of sp³-hybridized carbons (Fsp3) is 0.438. The first-order valence-electron chi connectivity index (χ1n) is 7.36. The highest BCUT2D eigenvalue weighted by Gasteiger charge is 2.44. The Labute approximate surface area is 135 Å². The summed E-state index contributed by atoms with van der Waals surface area (Å²) in [5.74, 6) is 0.0417. The molecule has 2 heterocycles. The summed E-state index contributed by atoms with van der Waals surface area (Å²) < 4.78 is 53.8. The Balaban J connectivity index is 1.89. The van der Waals surface area contributed by atoms with Crippen LogP contribution in [0.4, 0.5) is 13.2 Å². The van der Waals surface area contributed by atoms with Crippen LogP contribution < -0.4 is 4.74 Å². The van der Waals surface area contributed by atoms with Gasteiger partial charge in [-0.3, -0.25) is 4.79 Å². The predicted octanol–water partition coefficient (Wildman–Crippen LogP) is 3.15. The molecule has 3 rings (SSSR count). The van der Waals surface area contributed by atoms with Gasteiger partial charge in [0.05, 0.1) is 20.3 Å². The van der Waals surface area contributed by atoms with E-state index in [1.807, 2.05) is 0 Å². The highest BCUT2D eigenvalue weighted by molar-refractivity contribution is 5.99. The smallest absolute Gasteiger partial charge is 0.416 e. The number of nitrogens with zero attached hydrogens (tertiary/aromatic N) is 1. The van der Waals surface area contributed by atoms with E-state index in [1.54, 1.807) is 25.1 Å². The van der Waals surface area contributed by atoms with Gasteiger partial charge < -0.3 is 18.8 Å². The fourth-order valence-electron chi connectivity index (χ4n) is 2.71. The molecule has 1 aromatic heterocycles. The van der Waals surface area contributed by atoms with Gasteiger partial charge in [0.2, 0.25) is 0 Å². The third-order valence-electron chi connectivity index (χ3n) is 4.06. The number of benzene rings is 1. The maximum absolute atomic E-state index is 12.8. The van der Waals surface area contributed by atoms with Crippen molar-refractivity contribution in [3.63, 3.8) is 0 Å². The zero-order valence-electron chi connectivity index (χ0n) is 13.1. The number of fused-ring (bicyclic) bond motifs is 1. The van der Waals surface area contributed by atoms with Gasteiger partial charge in [-0.2, -0.15) is 13.2 Å². The van der Waals surface area contributed by atoms with Gasteiger partial charge in [-0.05, 0) is 19.1 Å². The van der Waals surface area contributed by atoms with Crippen molar-refractivity contribution in [3.8, 4) is 5.75 Å². The Hall–Kier alpha value is -2.22. The number of aryl methyl sites for hydroxylation is 1. The highest BCUT2D eigenvalue weighted by atomic mass is 19.4. The van der Waals surface area contributed by atoms with Crippen molar-refractivity contribution in [1.82, 2.24) is 4.90 Å². The van der Waals surface area contributed by atoms with E-state index in [1.165, 1.54) is 7.11 Å². The van der Waals surface area contributed by atoms with Crippen LogP contribution in [0.15, 0.2) is 22.6 Å². The van der Waals surface area contributed by atoms with Crippen LogP contribution in [-0.4, -0.2) is 49.9 Å². The molecule has 1 amide bonds. The van der Waals surface area contributed by atoms with Crippen LogP contribution in [0.25, 0.3) is 11.0 Å². The molecule has 1 aromatic carbocycles. The molecular formula is C16H16F3NO4. The zero-order valence-corrected chi connectivity index (χ0v) is 13.1. The monoisotopic (exact) mass is 343 g/mol. The van der Waals surface area contributed by atoms with E-state index < -0.39 is 24.7 Å². The van der Waals surface area contributed by atoms with Crippen molar-refractivity contribution in [1.29, 1.82) is 0 Å². The summed E-state index contributed by atoms with van der Waals surface area (Å²) in [7, 11) is 1.51. The van der Waals surface area contributed by atoms with Gasteiger partial charge in [0.15, 0.2) is 11.9 Å². The van der Waals surface area contributed by atoms with E-state index in [0.29, 0.717) is 16.9 Å². The van der Waals surface area contributed by atoms with Gasteiger partial charge >= 0.3 is 6.18 Å². The lowest BCUT2D eigenvalue weighted by molar-refractivity contribution is -0.233. The fourth-order valence-corrected chi connectivity index (χ4v) is 2.71. The topological polar surface area (TPSA) is 51.9 Å². The Morgan fingerprint density at radius 2 is 2.12 bits per heavy atom. The van der Waals surface area contributed by atoms with E-state index >= 15 is 0 Å². The molecule has 0 unspecified atom stereocenters. The first-order chi connectivity index (χ1) is 11.3. The van der Waals surface area contributed by atoms with Crippen LogP contribution in [0.5, 0.6) is 5.75 Å². The second kappa shape index (κ2) is 6.01. The number of carbonyl (C=O) groups excluding carboxylic acids is 1. The summed E-state index contributed by atoms with van der Waals surface area (Å²) in [5.41, 5.74) is 1.04. The van der Waals surface area contributed by atoms with Gasteiger partial charge in [0.1, 0.15) is 11.3 Å². The number of hydrogen-bond donors (Lipinski definition) is 0. The number of carbonyl (C=O) groups is 1. The minimum absolute atomic E-state index is 0.0427. The molecule has 0 aliphatic carbocycles. The second-order valence-corrected chi connectivity index (χ2v) is 5.57. The van der Waals surface area contributed by atoms with Crippen LogP contribution in [0, 0.1) is 6.92 Å². The van der Waals surface area contributed by atoms with Crippen molar-refractivity contribution < 1.29 is 31.9 Å². The molecule has 0 N–H and O–H groups in total. The van der Waals surface area contributed by atoms with Crippen LogP contribution in [0.3, 0.4) is 0 Å². The average Bonchev–Trinajstić information content (AvgIpc) is 2.89. The molecule has 0 bridgehead atoms. The molecule has 1 aliphatic rings. The maximum Gasteiger partial charge on any atom is 0.416 e. The Morgan fingerprint density at radius 3 is 2.79 bits per heavy atom. The Kier molecular flexibility index (Phi) is 4.16. The summed E-state index contributed by atoms with van der Waals surface area (Å²) in [4.78, 5) is 13.7. The van der Waals surface area contributed by atoms with Gasteiger partial charge in [0.25, 0.3) is 5.91 Å². The predicted molar refractivity (Wildman–Crippen MR) is 79.2 cm³/mol. The third-order valence-corrected chi connectivity index (χ3v) is 4.06. The lowest BCUT2D eigenvalue weighted by Crippen LogP contribution is -2.51. The number of rotatable bonds is 2. The van der Waals surface area contributed by atoms with Gasteiger partial charge in [-0.15, -0.1) is 0 Å². The largest absolute Gasteiger partial charge is 0.497 e. The lowest BCUT2D eigenvalue weighted by atomic mass is 10.1. The minimum atomic E-state index is -4.50. The van der Waals surface area contributed by atoms with Crippen molar-refractivity contribution in [2.24, 2.45) is 0 Å². The van der Waals surface area contributed by atoms with E-state index in [2.05, 4.69) is 0 Å². The first-order valence-corrected chi connectivity index (χ1v) is 7.36. The van der Waals surface area contributed by atoms with Crippen molar-refractivity contribution in [3.05, 3.63) is 29.5 Å². The molecule has 2 aromatic rings. The summed E-state index contributed by atoms with van der Waals surface area (Å²) in [5, 5.41) is 0.722. The molecule has 1 aliphatic heterocycles. The van der Waals surface area contributed by atoms with Crippen molar-refractivity contribution in [2.45, 2.75) is 19.2 Å². The third kappa shape index (κ3) is 2.93. The number of alkyl halides is 3. The molecule has 24 heavy (non-hydrogen) atoms. The molecular weight excluding hydrogens is 327 g/mol. The normalized spacial score (nSPS) is 18.9. The number of morpholine rings is 1. The highest BCUT2D eigenvalue weighted by Crippen LogP contribution is 2.31. The van der Waals surface area contributed by atoms with E-state index in [4.69, 9.17) is 13.9 Å². The zero-order chi connectivity index (χ0) is 17.5.